The second-order valence-corrected chi connectivity index (χ2v) is 6.40. The van der Waals surface area contributed by atoms with Gasteiger partial charge in [0.1, 0.15) is 6.04 Å². The summed E-state index contributed by atoms with van der Waals surface area (Å²) >= 11 is 1.63. The Bertz CT molecular complexity index is 424. The molecule has 5 nitrogen and oxygen atoms in total. The summed E-state index contributed by atoms with van der Waals surface area (Å²) in [6.45, 7) is 5.82. The van der Waals surface area contributed by atoms with E-state index in [0.717, 1.165) is 6.42 Å². The second kappa shape index (κ2) is 6.56. The van der Waals surface area contributed by atoms with Gasteiger partial charge in [0.05, 0.1) is 0 Å². The first-order valence-corrected chi connectivity index (χ1v) is 6.98. The van der Waals surface area contributed by atoms with Crippen molar-refractivity contribution in [3.05, 3.63) is 22.4 Å². The van der Waals surface area contributed by atoms with Crippen molar-refractivity contribution in [1.82, 2.24) is 10.6 Å². The smallest absolute Gasteiger partial charge is 0.326 e. The molecule has 1 atom stereocenters. The minimum absolute atomic E-state index is 0.445. The van der Waals surface area contributed by atoms with Crippen LogP contribution in [0.25, 0.3) is 0 Å². The number of thiophene rings is 1. The maximum absolute atomic E-state index is 11.7. The van der Waals surface area contributed by atoms with Crippen molar-refractivity contribution in [2.24, 2.45) is 5.41 Å². The van der Waals surface area contributed by atoms with Gasteiger partial charge in [-0.3, -0.25) is 0 Å². The van der Waals surface area contributed by atoms with Crippen LogP contribution in [0, 0.1) is 5.41 Å². The molecule has 0 aliphatic carbocycles. The lowest BCUT2D eigenvalue weighted by Crippen LogP contribution is -2.52. The number of hydrogen-bond acceptors (Lipinski definition) is 3. The fraction of sp³-hybridized carbons (Fsp3) is 0.538. The van der Waals surface area contributed by atoms with E-state index in [0.29, 0.717) is 6.54 Å². The maximum atomic E-state index is 11.7. The van der Waals surface area contributed by atoms with Gasteiger partial charge in [0.25, 0.3) is 0 Å². The zero-order valence-electron chi connectivity index (χ0n) is 11.4. The Morgan fingerprint density at radius 1 is 1.42 bits per heavy atom. The molecule has 1 aromatic rings. The molecule has 0 unspecified atom stereocenters. The van der Waals surface area contributed by atoms with Gasteiger partial charge in [-0.2, -0.15) is 0 Å². The Kier molecular flexibility index (Phi) is 5.35. The van der Waals surface area contributed by atoms with Crippen LogP contribution < -0.4 is 10.6 Å². The Hall–Kier alpha value is -1.56. The van der Waals surface area contributed by atoms with E-state index < -0.39 is 23.5 Å². The largest absolute Gasteiger partial charge is 0.480 e. The molecule has 0 saturated carbocycles. The monoisotopic (exact) mass is 284 g/mol. The van der Waals surface area contributed by atoms with E-state index in [1.165, 1.54) is 4.88 Å². The summed E-state index contributed by atoms with van der Waals surface area (Å²) in [6, 6.07) is 2.60. The van der Waals surface area contributed by atoms with Crippen LogP contribution in [-0.4, -0.2) is 29.7 Å². The van der Waals surface area contributed by atoms with Gasteiger partial charge in [-0.15, -0.1) is 11.3 Å². The molecule has 0 aliphatic rings. The molecule has 19 heavy (non-hydrogen) atoms. The molecule has 1 heterocycles. The number of amides is 2. The average Bonchev–Trinajstić information content (AvgIpc) is 2.77. The van der Waals surface area contributed by atoms with Gasteiger partial charge in [-0.05, 0) is 23.3 Å². The molecule has 6 heteroatoms. The Morgan fingerprint density at radius 3 is 2.58 bits per heavy atom. The zero-order valence-corrected chi connectivity index (χ0v) is 12.2. The van der Waals surface area contributed by atoms with Crippen molar-refractivity contribution in [1.29, 1.82) is 0 Å². The highest BCUT2D eigenvalue weighted by Gasteiger charge is 2.32. The number of carbonyl (C=O) groups excluding carboxylic acids is 1. The number of carboxylic acids is 1. The number of hydrogen-bond donors (Lipinski definition) is 3. The van der Waals surface area contributed by atoms with Gasteiger partial charge in [0.15, 0.2) is 0 Å². The van der Waals surface area contributed by atoms with Crippen molar-refractivity contribution >= 4 is 23.3 Å². The molecule has 0 fully saturated rings. The minimum atomic E-state index is -1.03. The van der Waals surface area contributed by atoms with Crippen molar-refractivity contribution in [2.75, 3.05) is 6.54 Å². The Balaban J connectivity index is 2.39. The van der Waals surface area contributed by atoms with Crippen LogP contribution in [0.4, 0.5) is 4.79 Å². The summed E-state index contributed by atoms with van der Waals surface area (Å²) in [5.41, 5.74) is -0.531. The summed E-state index contributed by atoms with van der Waals surface area (Å²) in [5.74, 6) is -1.03. The van der Waals surface area contributed by atoms with Gasteiger partial charge >= 0.3 is 12.0 Å². The molecular formula is C13H20N2O3S. The maximum Gasteiger partial charge on any atom is 0.326 e. The molecule has 106 valence electrons. The van der Waals surface area contributed by atoms with Crippen LogP contribution in [-0.2, 0) is 11.2 Å². The Labute approximate surface area is 117 Å². The quantitative estimate of drug-likeness (QED) is 0.774. The van der Waals surface area contributed by atoms with E-state index in [2.05, 4.69) is 10.6 Å². The fourth-order valence-corrected chi connectivity index (χ4v) is 2.29. The van der Waals surface area contributed by atoms with Crippen LogP contribution in [0.1, 0.15) is 25.6 Å². The van der Waals surface area contributed by atoms with Gasteiger partial charge < -0.3 is 15.7 Å². The van der Waals surface area contributed by atoms with Gasteiger partial charge in [-0.25, -0.2) is 9.59 Å². The molecule has 1 rings (SSSR count). The van der Waals surface area contributed by atoms with E-state index in [-0.39, 0.29) is 0 Å². The zero-order chi connectivity index (χ0) is 14.5. The van der Waals surface area contributed by atoms with Crippen LogP contribution in [0.5, 0.6) is 0 Å². The number of carboxylic acid groups (broad SMARTS) is 1. The lowest BCUT2D eigenvalue weighted by molar-refractivity contribution is -0.141. The third kappa shape index (κ3) is 5.30. The number of nitrogens with one attached hydrogen (secondary N) is 2. The lowest BCUT2D eigenvalue weighted by Gasteiger charge is -2.27. The molecule has 2 amide bonds. The van der Waals surface area contributed by atoms with E-state index in [4.69, 9.17) is 5.11 Å². The molecule has 0 aromatic carbocycles. The molecular weight excluding hydrogens is 264 g/mol. The number of urea groups is 1. The summed E-state index contributed by atoms with van der Waals surface area (Å²) in [5, 5.41) is 16.2. The molecule has 0 saturated heterocycles. The van der Waals surface area contributed by atoms with Crippen molar-refractivity contribution in [2.45, 2.75) is 33.2 Å². The van der Waals surface area contributed by atoms with Crippen molar-refractivity contribution in [3.63, 3.8) is 0 Å². The highest BCUT2D eigenvalue weighted by molar-refractivity contribution is 7.09. The molecule has 3 N–H and O–H groups in total. The van der Waals surface area contributed by atoms with Crippen LogP contribution in [0.15, 0.2) is 17.5 Å². The van der Waals surface area contributed by atoms with Crippen molar-refractivity contribution < 1.29 is 14.7 Å². The number of aliphatic carboxylic acids is 1. The van der Waals surface area contributed by atoms with E-state index in [1.54, 1.807) is 32.1 Å². The number of carbonyl (C=O) groups is 2. The van der Waals surface area contributed by atoms with E-state index in [9.17, 15) is 9.59 Å². The fourth-order valence-electron chi connectivity index (χ4n) is 1.58. The first kappa shape index (κ1) is 15.5. The highest BCUT2D eigenvalue weighted by Crippen LogP contribution is 2.19. The normalized spacial score (nSPS) is 12.8. The summed E-state index contributed by atoms with van der Waals surface area (Å²) < 4.78 is 0. The van der Waals surface area contributed by atoms with Gasteiger partial charge in [0.2, 0.25) is 0 Å². The summed E-state index contributed by atoms with van der Waals surface area (Å²) in [6.07, 6.45) is 0.748. The highest BCUT2D eigenvalue weighted by atomic mass is 32.1. The standard InChI is InChI=1S/C13H20N2O3S/c1-13(2,3)10(11(16)17)15-12(18)14-7-6-9-5-4-8-19-9/h4-5,8,10H,6-7H2,1-3H3,(H,16,17)(H2,14,15,18)/t10-/m1/s1. The molecule has 0 spiro atoms. The minimum Gasteiger partial charge on any atom is -0.480 e. The first-order chi connectivity index (χ1) is 8.80. The van der Waals surface area contributed by atoms with Gasteiger partial charge in [0, 0.05) is 11.4 Å². The van der Waals surface area contributed by atoms with E-state index >= 15 is 0 Å². The number of rotatable bonds is 5. The third-order valence-corrected chi connectivity index (χ3v) is 3.56. The first-order valence-electron chi connectivity index (χ1n) is 6.10. The molecule has 0 aliphatic heterocycles. The average molecular weight is 284 g/mol. The van der Waals surface area contributed by atoms with E-state index in [1.807, 2.05) is 17.5 Å². The Morgan fingerprint density at radius 2 is 2.11 bits per heavy atom. The second-order valence-electron chi connectivity index (χ2n) is 5.37. The molecule has 1 aromatic heterocycles. The van der Waals surface area contributed by atoms with Gasteiger partial charge in [-0.1, -0.05) is 26.8 Å². The topological polar surface area (TPSA) is 78.4 Å². The lowest BCUT2D eigenvalue weighted by atomic mass is 9.87. The van der Waals surface area contributed by atoms with Crippen LogP contribution in [0.3, 0.4) is 0 Å². The van der Waals surface area contributed by atoms with Crippen LogP contribution in [0.2, 0.25) is 0 Å². The SMILES string of the molecule is CC(C)(C)[C@H](NC(=O)NCCc1cccs1)C(=O)O. The third-order valence-electron chi connectivity index (χ3n) is 2.63. The summed E-state index contributed by atoms with van der Waals surface area (Å²) in [7, 11) is 0. The van der Waals surface area contributed by atoms with Crippen LogP contribution >= 0.6 is 11.3 Å². The van der Waals surface area contributed by atoms with Crippen molar-refractivity contribution in [3.8, 4) is 0 Å². The molecule has 0 radical (unpaired) electrons. The molecule has 0 bridgehead atoms. The predicted molar refractivity (Wildman–Crippen MR) is 75.4 cm³/mol. The summed E-state index contributed by atoms with van der Waals surface area (Å²) in [4.78, 5) is 23.9. The predicted octanol–water partition coefficient (Wildman–Crippen LogP) is 2.09.